The fraction of sp³-hybridized carbons (Fsp3) is 0.586. The molecule has 3 amide bonds. The molecule has 0 spiro atoms. The van der Waals surface area contributed by atoms with Gasteiger partial charge in [-0.2, -0.15) is 0 Å². The average Bonchev–Trinajstić information content (AvgIpc) is 3.58. The summed E-state index contributed by atoms with van der Waals surface area (Å²) in [6.07, 6.45) is -0.195. The maximum atomic E-state index is 13.7. The summed E-state index contributed by atoms with van der Waals surface area (Å²) in [5.41, 5.74) is 12.3. The lowest BCUT2D eigenvalue weighted by Gasteiger charge is -2.35. The van der Waals surface area contributed by atoms with Crippen molar-refractivity contribution in [2.45, 2.75) is 65.3 Å². The summed E-state index contributed by atoms with van der Waals surface area (Å²) < 4.78 is 10.7. The Morgan fingerprint density at radius 1 is 1.21 bits per heavy atom. The molecule has 1 aromatic carbocycles. The Morgan fingerprint density at radius 3 is 2.58 bits per heavy atom. The molecule has 1 fully saturated rings. The van der Waals surface area contributed by atoms with Crippen LogP contribution < -0.4 is 10.6 Å². The topological polar surface area (TPSA) is 179 Å². The summed E-state index contributed by atoms with van der Waals surface area (Å²) in [6.45, 7) is 8.68. The molecule has 13 nitrogen and oxygen atoms in total. The Kier molecular flexibility index (Phi) is 12.9. The molecule has 1 saturated heterocycles. The zero-order valence-corrected chi connectivity index (χ0v) is 25.9. The SMILES string of the molecule is Cc1ncsc1-c1ccc(CNC(=O)C2CC(O)CN2C(=O)C(NC(=O)COCCCOCCN=[N+]=[N-])C(C)(C)C)cc1. The van der Waals surface area contributed by atoms with Crippen LogP contribution in [0.15, 0.2) is 34.9 Å². The molecule has 1 aliphatic rings. The van der Waals surface area contributed by atoms with E-state index in [0.29, 0.717) is 19.6 Å². The fourth-order valence-corrected chi connectivity index (χ4v) is 5.47. The van der Waals surface area contributed by atoms with Crippen LogP contribution >= 0.6 is 11.3 Å². The second-order valence-electron chi connectivity index (χ2n) is 11.4. The van der Waals surface area contributed by atoms with E-state index in [0.717, 1.165) is 21.7 Å². The third kappa shape index (κ3) is 10.3. The van der Waals surface area contributed by atoms with Gasteiger partial charge in [0.25, 0.3) is 0 Å². The highest BCUT2D eigenvalue weighted by Crippen LogP contribution is 2.28. The van der Waals surface area contributed by atoms with Gasteiger partial charge in [-0.15, -0.1) is 11.3 Å². The van der Waals surface area contributed by atoms with E-state index in [1.807, 2.05) is 57.5 Å². The number of ether oxygens (including phenoxy) is 2. The lowest BCUT2D eigenvalue weighted by Crippen LogP contribution is -2.58. The Bertz CT molecular complexity index is 1270. The van der Waals surface area contributed by atoms with Crippen molar-refractivity contribution in [3.63, 3.8) is 0 Å². The first-order valence-electron chi connectivity index (χ1n) is 14.2. The van der Waals surface area contributed by atoms with Gasteiger partial charge in [-0.3, -0.25) is 14.4 Å². The number of aliphatic hydroxyl groups excluding tert-OH is 1. The summed E-state index contributed by atoms with van der Waals surface area (Å²) >= 11 is 1.57. The minimum Gasteiger partial charge on any atom is -0.391 e. The molecule has 2 heterocycles. The normalized spacial score (nSPS) is 17.3. The summed E-state index contributed by atoms with van der Waals surface area (Å²) in [6, 6.07) is 6.05. The number of aryl methyl sites for hydroxylation is 1. The number of β-amino-alcohol motifs (C(OH)–C–C–N with tert-alkyl or cyclic N) is 1. The number of amides is 3. The number of carbonyl (C=O) groups is 3. The predicted octanol–water partition coefficient (Wildman–Crippen LogP) is 2.96. The smallest absolute Gasteiger partial charge is 0.246 e. The number of hydrogen-bond donors (Lipinski definition) is 3. The Labute approximate surface area is 255 Å². The van der Waals surface area contributed by atoms with E-state index in [9.17, 15) is 19.5 Å². The Hall–Kier alpha value is -3.55. The van der Waals surface area contributed by atoms with Crippen molar-refractivity contribution in [1.29, 1.82) is 0 Å². The molecule has 3 atom stereocenters. The molecule has 1 aromatic heterocycles. The standard InChI is InChI=1S/C29H41N7O6S/c1-19-25(43-18-32-19)21-8-6-20(7-9-21)15-31-27(39)23-14-22(37)16-36(23)28(40)26(29(2,3)4)34-24(38)17-42-12-5-11-41-13-10-33-35-30/h6-9,18,22-23,26,37H,5,10-17H2,1-4H3,(H,31,39)(H,34,38). The first-order chi connectivity index (χ1) is 20.5. The van der Waals surface area contributed by atoms with E-state index in [1.165, 1.54) is 4.90 Å². The van der Waals surface area contributed by atoms with Crippen LogP contribution in [0.4, 0.5) is 0 Å². The molecule has 3 unspecified atom stereocenters. The van der Waals surface area contributed by atoms with E-state index >= 15 is 0 Å². The Balaban J connectivity index is 1.53. The minimum atomic E-state index is -0.934. The number of nitrogens with zero attached hydrogens (tertiary/aromatic N) is 5. The molecule has 2 aromatic rings. The maximum Gasteiger partial charge on any atom is 0.246 e. The molecule has 234 valence electrons. The number of benzene rings is 1. The number of aliphatic hydroxyl groups is 1. The van der Waals surface area contributed by atoms with Gasteiger partial charge in [-0.1, -0.05) is 50.2 Å². The van der Waals surface area contributed by atoms with Crippen LogP contribution in [0.25, 0.3) is 20.9 Å². The second kappa shape index (κ2) is 16.3. The van der Waals surface area contributed by atoms with Gasteiger partial charge >= 0.3 is 0 Å². The van der Waals surface area contributed by atoms with Crippen LogP contribution in [-0.2, 0) is 30.4 Å². The zero-order chi connectivity index (χ0) is 31.4. The third-order valence-corrected chi connectivity index (χ3v) is 7.90. The van der Waals surface area contributed by atoms with Gasteiger partial charge in [0, 0.05) is 44.2 Å². The van der Waals surface area contributed by atoms with Crippen molar-refractivity contribution in [3.8, 4) is 10.4 Å². The lowest BCUT2D eigenvalue weighted by molar-refractivity contribution is -0.144. The fourth-order valence-electron chi connectivity index (χ4n) is 4.66. The van der Waals surface area contributed by atoms with E-state index < -0.39 is 35.4 Å². The number of thiazole rings is 1. The number of nitrogens with one attached hydrogen (secondary N) is 2. The summed E-state index contributed by atoms with van der Waals surface area (Å²) in [4.78, 5) is 49.0. The zero-order valence-electron chi connectivity index (χ0n) is 25.1. The van der Waals surface area contributed by atoms with Gasteiger partial charge in [0.1, 0.15) is 18.7 Å². The third-order valence-electron chi connectivity index (χ3n) is 6.92. The molecule has 0 bridgehead atoms. The van der Waals surface area contributed by atoms with Crippen molar-refractivity contribution in [3.05, 3.63) is 51.5 Å². The second-order valence-corrected chi connectivity index (χ2v) is 12.3. The number of likely N-dealkylation sites (tertiary alicyclic amines) is 1. The van der Waals surface area contributed by atoms with Crippen molar-refractivity contribution < 1.29 is 29.0 Å². The molecule has 3 N–H and O–H groups in total. The molecular weight excluding hydrogens is 574 g/mol. The largest absolute Gasteiger partial charge is 0.391 e. The first kappa shape index (κ1) is 33.9. The number of carbonyl (C=O) groups excluding carboxylic acids is 3. The molecule has 0 aliphatic carbocycles. The van der Waals surface area contributed by atoms with Crippen molar-refractivity contribution in [2.24, 2.45) is 10.5 Å². The van der Waals surface area contributed by atoms with Crippen LogP contribution in [0.5, 0.6) is 0 Å². The number of azide groups is 1. The van der Waals surface area contributed by atoms with Crippen molar-refractivity contribution in [2.75, 3.05) is 39.5 Å². The molecule has 0 saturated carbocycles. The number of hydrogen-bond acceptors (Lipinski definition) is 9. The molecule has 0 radical (unpaired) electrons. The van der Waals surface area contributed by atoms with Crippen molar-refractivity contribution in [1.82, 2.24) is 20.5 Å². The molecule has 1 aliphatic heterocycles. The number of rotatable bonds is 15. The quantitative estimate of drug-likeness (QED) is 0.119. The van der Waals surface area contributed by atoms with Crippen LogP contribution in [0.2, 0.25) is 0 Å². The maximum absolute atomic E-state index is 13.7. The van der Waals surface area contributed by atoms with Gasteiger partial charge < -0.3 is 30.1 Å². The van der Waals surface area contributed by atoms with Crippen LogP contribution in [-0.4, -0.2) is 90.4 Å². The molecule has 14 heteroatoms. The summed E-state index contributed by atoms with van der Waals surface area (Å²) in [5.74, 6) is -1.26. The van der Waals surface area contributed by atoms with Crippen LogP contribution in [0, 0.1) is 12.3 Å². The Morgan fingerprint density at radius 2 is 1.93 bits per heavy atom. The molecule has 43 heavy (non-hydrogen) atoms. The van der Waals surface area contributed by atoms with E-state index in [4.69, 9.17) is 15.0 Å². The van der Waals surface area contributed by atoms with Crippen LogP contribution in [0.1, 0.15) is 44.9 Å². The van der Waals surface area contributed by atoms with E-state index in [-0.39, 0.29) is 45.2 Å². The van der Waals surface area contributed by atoms with Gasteiger partial charge in [-0.25, -0.2) is 4.98 Å². The highest BCUT2D eigenvalue weighted by Gasteiger charge is 2.44. The lowest BCUT2D eigenvalue weighted by atomic mass is 9.85. The van der Waals surface area contributed by atoms with E-state index in [2.05, 4.69) is 25.6 Å². The van der Waals surface area contributed by atoms with E-state index in [1.54, 1.807) is 11.3 Å². The first-order valence-corrected chi connectivity index (χ1v) is 15.1. The van der Waals surface area contributed by atoms with Gasteiger partial charge in [0.15, 0.2) is 0 Å². The van der Waals surface area contributed by atoms with Gasteiger partial charge in [0.05, 0.1) is 28.8 Å². The highest BCUT2D eigenvalue weighted by atomic mass is 32.1. The minimum absolute atomic E-state index is 0.00154. The predicted molar refractivity (Wildman–Crippen MR) is 162 cm³/mol. The van der Waals surface area contributed by atoms with Gasteiger partial charge in [-0.05, 0) is 35.4 Å². The number of aromatic nitrogens is 1. The van der Waals surface area contributed by atoms with Crippen molar-refractivity contribution >= 4 is 29.1 Å². The molecule has 3 rings (SSSR count). The van der Waals surface area contributed by atoms with Crippen LogP contribution in [0.3, 0.4) is 0 Å². The van der Waals surface area contributed by atoms with Gasteiger partial charge in [0.2, 0.25) is 17.7 Å². The monoisotopic (exact) mass is 615 g/mol. The highest BCUT2D eigenvalue weighted by molar-refractivity contribution is 7.13. The molecular formula is C29H41N7O6S. The summed E-state index contributed by atoms with van der Waals surface area (Å²) in [5, 5.41) is 19.4. The summed E-state index contributed by atoms with van der Waals surface area (Å²) in [7, 11) is 0. The average molecular weight is 616 g/mol.